The first kappa shape index (κ1) is 10.3. The van der Waals surface area contributed by atoms with Gasteiger partial charge in [-0.1, -0.05) is 18.2 Å². The van der Waals surface area contributed by atoms with Gasteiger partial charge in [-0.3, -0.25) is 0 Å². The van der Waals surface area contributed by atoms with E-state index in [1.165, 1.54) is 15.5 Å². The Hall–Kier alpha value is -0.220. The summed E-state index contributed by atoms with van der Waals surface area (Å²) < 4.78 is 0. The minimum absolute atomic E-state index is 0.0601. The molecule has 0 aliphatic carbocycles. The van der Waals surface area contributed by atoms with Gasteiger partial charge < -0.3 is 5.21 Å². The average molecular weight is 230 g/mol. The number of rotatable bonds is 2. The number of alkyl halides is 1. The fourth-order valence-electron chi connectivity index (χ4n) is 1.68. The third-order valence-corrected chi connectivity index (χ3v) is 3.67. The Morgan fingerprint density at radius 1 is 1.50 bits per heavy atom. The van der Waals surface area contributed by atoms with Crippen LogP contribution in [0.5, 0.6) is 0 Å². The van der Waals surface area contributed by atoms with Gasteiger partial charge in [0.15, 0.2) is 0 Å². The number of hydrogen-bond donors (Lipinski definition) is 1. The molecule has 0 fully saturated rings. The molecule has 1 aliphatic rings. The number of hydrogen-bond acceptors (Lipinski definition) is 3. The topological polar surface area (TPSA) is 23.5 Å². The standard InChI is InChI=1S/C10H12ClNOS/c11-6-5-9-8-3-1-2-4-10(8)14-7-12(9)13/h1-4,9,13H,5-7H2. The molecule has 1 aromatic rings. The van der Waals surface area contributed by atoms with Crippen molar-refractivity contribution in [1.82, 2.24) is 5.06 Å². The van der Waals surface area contributed by atoms with E-state index in [0.717, 1.165) is 6.42 Å². The first-order valence-electron chi connectivity index (χ1n) is 4.56. The summed E-state index contributed by atoms with van der Waals surface area (Å²) >= 11 is 7.38. The molecule has 0 amide bonds. The summed E-state index contributed by atoms with van der Waals surface area (Å²) in [4.78, 5) is 1.26. The summed E-state index contributed by atoms with van der Waals surface area (Å²) in [7, 11) is 0. The quantitative estimate of drug-likeness (QED) is 0.789. The molecule has 0 saturated carbocycles. The lowest BCUT2D eigenvalue weighted by Gasteiger charge is -2.31. The van der Waals surface area contributed by atoms with E-state index in [1.54, 1.807) is 11.8 Å². The highest BCUT2D eigenvalue weighted by atomic mass is 35.5. The number of benzene rings is 1. The Labute approximate surface area is 92.8 Å². The molecule has 2 rings (SSSR count). The predicted octanol–water partition coefficient (Wildman–Crippen LogP) is 3.11. The van der Waals surface area contributed by atoms with Crippen LogP contribution in [0, 0.1) is 0 Å². The molecule has 76 valence electrons. The van der Waals surface area contributed by atoms with Crippen molar-refractivity contribution in [2.45, 2.75) is 17.4 Å². The molecule has 0 aromatic heterocycles. The summed E-state index contributed by atoms with van der Waals surface area (Å²) in [5.74, 6) is 1.19. The minimum atomic E-state index is 0.0601. The maximum Gasteiger partial charge on any atom is 0.0748 e. The molecule has 2 nitrogen and oxygen atoms in total. The van der Waals surface area contributed by atoms with Gasteiger partial charge >= 0.3 is 0 Å². The number of nitrogens with zero attached hydrogens (tertiary/aromatic N) is 1. The van der Waals surface area contributed by atoms with Gasteiger partial charge in [0.05, 0.1) is 11.9 Å². The van der Waals surface area contributed by atoms with E-state index < -0.39 is 0 Å². The lowest BCUT2D eigenvalue weighted by atomic mass is 10.0. The highest BCUT2D eigenvalue weighted by Crippen LogP contribution is 2.38. The van der Waals surface area contributed by atoms with Crippen LogP contribution in [0.4, 0.5) is 0 Å². The van der Waals surface area contributed by atoms with Crippen LogP contribution >= 0.6 is 23.4 Å². The fraction of sp³-hybridized carbons (Fsp3) is 0.400. The second-order valence-electron chi connectivity index (χ2n) is 3.24. The zero-order valence-corrected chi connectivity index (χ0v) is 9.26. The van der Waals surface area contributed by atoms with Crippen molar-refractivity contribution in [3.63, 3.8) is 0 Å². The van der Waals surface area contributed by atoms with Crippen molar-refractivity contribution in [2.75, 3.05) is 11.8 Å². The van der Waals surface area contributed by atoms with Gasteiger partial charge in [-0.05, 0) is 18.1 Å². The van der Waals surface area contributed by atoms with Gasteiger partial charge in [0.1, 0.15) is 0 Å². The monoisotopic (exact) mass is 229 g/mol. The molecule has 1 aromatic carbocycles. The molecule has 4 heteroatoms. The number of halogens is 1. The molecular formula is C10H12ClNOS. The van der Waals surface area contributed by atoms with Crippen molar-refractivity contribution < 1.29 is 5.21 Å². The van der Waals surface area contributed by atoms with E-state index in [1.807, 2.05) is 12.1 Å². The molecule has 14 heavy (non-hydrogen) atoms. The highest BCUT2D eigenvalue weighted by molar-refractivity contribution is 7.99. The molecule has 0 radical (unpaired) electrons. The molecule has 1 aliphatic heterocycles. The van der Waals surface area contributed by atoms with Crippen molar-refractivity contribution >= 4 is 23.4 Å². The normalized spacial score (nSPS) is 22.0. The third kappa shape index (κ3) is 1.91. The molecule has 0 saturated heterocycles. The van der Waals surface area contributed by atoms with E-state index in [2.05, 4.69) is 12.1 Å². The fourth-order valence-corrected chi connectivity index (χ4v) is 2.88. The number of hydroxylamine groups is 2. The Bertz CT molecular complexity index is 321. The lowest BCUT2D eigenvalue weighted by molar-refractivity contribution is -0.114. The van der Waals surface area contributed by atoms with Crippen LogP contribution in [0.1, 0.15) is 18.0 Å². The predicted molar refractivity (Wildman–Crippen MR) is 58.9 cm³/mol. The first-order valence-corrected chi connectivity index (χ1v) is 6.08. The van der Waals surface area contributed by atoms with Gasteiger partial charge in [-0.2, -0.15) is 5.06 Å². The minimum Gasteiger partial charge on any atom is -0.313 e. The first-order chi connectivity index (χ1) is 6.83. The van der Waals surface area contributed by atoms with Gasteiger partial charge in [-0.15, -0.1) is 23.4 Å². The van der Waals surface area contributed by atoms with Gasteiger partial charge in [0.2, 0.25) is 0 Å². The van der Waals surface area contributed by atoms with Crippen LogP contribution in [-0.4, -0.2) is 22.0 Å². The Balaban J connectivity index is 2.31. The maximum atomic E-state index is 9.70. The summed E-state index contributed by atoms with van der Waals surface area (Å²) in [5, 5.41) is 11.1. The van der Waals surface area contributed by atoms with E-state index in [0.29, 0.717) is 11.8 Å². The van der Waals surface area contributed by atoms with Crippen molar-refractivity contribution in [1.29, 1.82) is 0 Å². The van der Waals surface area contributed by atoms with Crippen LogP contribution in [0.25, 0.3) is 0 Å². The molecule has 1 atom stereocenters. The van der Waals surface area contributed by atoms with Crippen LogP contribution < -0.4 is 0 Å². The molecule has 0 spiro atoms. The van der Waals surface area contributed by atoms with Crippen molar-refractivity contribution in [3.05, 3.63) is 29.8 Å². The summed E-state index contributed by atoms with van der Waals surface area (Å²) in [5.41, 5.74) is 1.19. The molecule has 1 unspecified atom stereocenters. The number of thioether (sulfide) groups is 1. The smallest absolute Gasteiger partial charge is 0.0748 e. The molecule has 1 heterocycles. The summed E-state index contributed by atoms with van der Waals surface area (Å²) in [6.45, 7) is 0. The van der Waals surface area contributed by atoms with E-state index >= 15 is 0 Å². The van der Waals surface area contributed by atoms with E-state index in [4.69, 9.17) is 11.6 Å². The maximum absolute atomic E-state index is 9.70. The highest BCUT2D eigenvalue weighted by Gasteiger charge is 2.25. The van der Waals surface area contributed by atoms with Gasteiger partial charge in [0, 0.05) is 10.8 Å². The van der Waals surface area contributed by atoms with Crippen LogP contribution in [0.3, 0.4) is 0 Å². The van der Waals surface area contributed by atoms with Crippen LogP contribution in [0.2, 0.25) is 0 Å². The largest absolute Gasteiger partial charge is 0.313 e. The average Bonchev–Trinajstić information content (AvgIpc) is 2.23. The van der Waals surface area contributed by atoms with Gasteiger partial charge in [0.25, 0.3) is 0 Å². The van der Waals surface area contributed by atoms with E-state index in [9.17, 15) is 5.21 Å². The Kier molecular flexibility index (Phi) is 3.34. The summed E-state index contributed by atoms with van der Waals surface area (Å²) in [6, 6.07) is 8.23. The van der Waals surface area contributed by atoms with Crippen LogP contribution in [0.15, 0.2) is 29.2 Å². The molecule has 1 N–H and O–H groups in total. The van der Waals surface area contributed by atoms with Gasteiger partial charge in [-0.25, -0.2) is 0 Å². The second-order valence-corrected chi connectivity index (χ2v) is 4.61. The zero-order valence-electron chi connectivity index (χ0n) is 7.69. The van der Waals surface area contributed by atoms with Crippen molar-refractivity contribution in [2.24, 2.45) is 0 Å². The third-order valence-electron chi connectivity index (χ3n) is 2.37. The SMILES string of the molecule is ON1CSc2ccccc2C1CCCl. The second kappa shape index (κ2) is 4.53. The zero-order chi connectivity index (χ0) is 9.97. The lowest BCUT2D eigenvalue weighted by Crippen LogP contribution is -2.28. The molecular weight excluding hydrogens is 218 g/mol. The van der Waals surface area contributed by atoms with Crippen molar-refractivity contribution in [3.8, 4) is 0 Å². The van der Waals surface area contributed by atoms with Crippen LogP contribution in [-0.2, 0) is 0 Å². The Morgan fingerprint density at radius 3 is 3.07 bits per heavy atom. The number of fused-ring (bicyclic) bond motifs is 1. The Morgan fingerprint density at radius 2 is 2.29 bits per heavy atom. The van der Waals surface area contributed by atoms with E-state index in [-0.39, 0.29) is 6.04 Å². The molecule has 0 bridgehead atoms. The summed E-state index contributed by atoms with van der Waals surface area (Å²) in [6.07, 6.45) is 0.787.